The SMILES string of the molecule is O=C1OC(CO)CCN1c1ccc(Br)cc1. The molecule has 0 aliphatic carbocycles. The Labute approximate surface area is 102 Å². The number of carbonyl (C=O) groups excluding carboxylic acids is 1. The summed E-state index contributed by atoms with van der Waals surface area (Å²) in [6.07, 6.45) is -0.106. The molecule has 86 valence electrons. The Morgan fingerprint density at radius 2 is 2.12 bits per heavy atom. The second kappa shape index (κ2) is 4.84. The van der Waals surface area contributed by atoms with Crippen LogP contribution in [0.5, 0.6) is 0 Å². The Kier molecular flexibility index (Phi) is 3.46. The van der Waals surface area contributed by atoms with Crippen molar-refractivity contribution in [2.45, 2.75) is 12.5 Å². The van der Waals surface area contributed by atoms with Crippen LogP contribution in [0, 0.1) is 0 Å². The lowest BCUT2D eigenvalue weighted by molar-refractivity contribution is 0.0453. The summed E-state index contributed by atoms with van der Waals surface area (Å²) in [6, 6.07) is 7.46. The van der Waals surface area contributed by atoms with E-state index in [1.54, 1.807) is 4.90 Å². The number of cyclic esters (lactones) is 1. The minimum Gasteiger partial charge on any atom is -0.443 e. The summed E-state index contributed by atoms with van der Waals surface area (Å²) >= 11 is 3.34. The molecule has 4 nitrogen and oxygen atoms in total. The topological polar surface area (TPSA) is 49.8 Å². The van der Waals surface area contributed by atoms with E-state index in [1.165, 1.54) is 0 Å². The van der Waals surface area contributed by atoms with Crippen LogP contribution in [-0.2, 0) is 4.74 Å². The van der Waals surface area contributed by atoms with Crippen molar-refractivity contribution < 1.29 is 14.6 Å². The van der Waals surface area contributed by atoms with E-state index in [0.717, 1.165) is 10.2 Å². The predicted molar refractivity (Wildman–Crippen MR) is 63.5 cm³/mol. The van der Waals surface area contributed by atoms with E-state index in [0.29, 0.717) is 13.0 Å². The van der Waals surface area contributed by atoms with Crippen molar-refractivity contribution in [2.24, 2.45) is 0 Å². The molecule has 2 rings (SSSR count). The van der Waals surface area contributed by atoms with E-state index in [-0.39, 0.29) is 12.7 Å². The predicted octanol–water partition coefficient (Wildman–Crippen LogP) is 2.16. The number of benzene rings is 1. The minimum absolute atomic E-state index is 0.111. The average molecular weight is 286 g/mol. The molecule has 0 radical (unpaired) electrons. The zero-order valence-electron chi connectivity index (χ0n) is 8.60. The molecule has 1 aromatic rings. The fourth-order valence-corrected chi connectivity index (χ4v) is 1.88. The molecule has 0 saturated carbocycles. The Morgan fingerprint density at radius 1 is 1.44 bits per heavy atom. The summed E-state index contributed by atoms with van der Waals surface area (Å²) in [5, 5.41) is 8.90. The van der Waals surface area contributed by atoms with E-state index in [4.69, 9.17) is 9.84 Å². The molecule has 1 unspecified atom stereocenters. The third kappa shape index (κ3) is 2.36. The normalized spacial score (nSPS) is 20.8. The highest BCUT2D eigenvalue weighted by Gasteiger charge is 2.27. The highest BCUT2D eigenvalue weighted by molar-refractivity contribution is 9.10. The Balaban J connectivity index is 2.11. The second-order valence-corrected chi connectivity index (χ2v) is 4.52. The first-order chi connectivity index (χ1) is 7.70. The van der Waals surface area contributed by atoms with Gasteiger partial charge >= 0.3 is 6.09 Å². The van der Waals surface area contributed by atoms with Gasteiger partial charge in [-0.1, -0.05) is 15.9 Å². The van der Waals surface area contributed by atoms with Gasteiger partial charge in [0, 0.05) is 23.1 Å². The second-order valence-electron chi connectivity index (χ2n) is 3.61. The number of aliphatic hydroxyl groups is 1. The van der Waals surface area contributed by atoms with Gasteiger partial charge in [0.25, 0.3) is 0 Å². The van der Waals surface area contributed by atoms with Crippen LogP contribution in [0.15, 0.2) is 28.7 Å². The molecule has 0 aromatic heterocycles. The van der Waals surface area contributed by atoms with Gasteiger partial charge in [0.05, 0.1) is 6.61 Å². The smallest absolute Gasteiger partial charge is 0.414 e. The van der Waals surface area contributed by atoms with E-state index >= 15 is 0 Å². The molecule has 1 atom stereocenters. The monoisotopic (exact) mass is 285 g/mol. The molecule has 0 bridgehead atoms. The van der Waals surface area contributed by atoms with Crippen LogP contribution in [0.4, 0.5) is 10.5 Å². The van der Waals surface area contributed by atoms with Crippen LogP contribution >= 0.6 is 15.9 Å². The fraction of sp³-hybridized carbons (Fsp3) is 0.364. The molecular weight excluding hydrogens is 274 g/mol. The van der Waals surface area contributed by atoms with Gasteiger partial charge in [0.15, 0.2) is 0 Å². The quantitative estimate of drug-likeness (QED) is 0.906. The van der Waals surface area contributed by atoms with Gasteiger partial charge in [0.2, 0.25) is 0 Å². The highest BCUT2D eigenvalue weighted by atomic mass is 79.9. The third-order valence-corrected chi connectivity index (χ3v) is 3.03. The third-order valence-electron chi connectivity index (χ3n) is 2.50. The van der Waals surface area contributed by atoms with Gasteiger partial charge in [-0.3, -0.25) is 4.90 Å². The van der Waals surface area contributed by atoms with Crippen LogP contribution in [0.1, 0.15) is 6.42 Å². The maximum Gasteiger partial charge on any atom is 0.414 e. The molecule has 1 aliphatic rings. The van der Waals surface area contributed by atoms with E-state index in [9.17, 15) is 4.79 Å². The number of hydrogen-bond acceptors (Lipinski definition) is 3. The van der Waals surface area contributed by atoms with Crippen LogP contribution in [0.25, 0.3) is 0 Å². The summed E-state index contributed by atoms with van der Waals surface area (Å²) in [5.41, 5.74) is 0.810. The van der Waals surface area contributed by atoms with Crippen LogP contribution < -0.4 is 4.90 Å². The van der Waals surface area contributed by atoms with Gasteiger partial charge in [0.1, 0.15) is 6.10 Å². The first-order valence-electron chi connectivity index (χ1n) is 5.05. The molecule has 1 amide bonds. The van der Waals surface area contributed by atoms with Gasteiger partial charge in [-0.25, -0.2) is 4.79 Å². The van der Waals surface area contributed by atoms with E-state index in [1.807, 2.05) is 24.3 Å². The number of nitrogens with zero attached hydrogens (tertiary/aromatic N) is 1. The first kappa shape index (κ1) is 11.4. The number of anilines is 1. The molecule has 1 fully saturated rings. The molecular formula is C11H12BrNO3. The maximum absolute atomic E-state index is 11.6. The number of rotatable bonds is 2. The molecule has 1 heterocycles. The van der Waals surface area contributed by atoms with Crippen LogP contribution in [0.3, 0.4) is 0 Å². The summed E-state index contributed by atoms with van der Waals surface area (Å²) in [4.78, 5) is 13.2. The van der Waals surface area contributed by atoms with Gasteiger partial charge in [-0.15, -0.1) is 0 Å². The Hall–Kier alpha value is -1.07. The number of aliphatic hydroxyl groups excluding tert-OH is 1. The molecule has 0 spiro atoms. The molecule has 1 saturated heterocycles. The minimum atomic E-state index is -0.396. The van der Waals surface area contributed by atoms with Gasteiger partial charge in [-0.05, 0) is 24.3 Å². The van der Waals surface area contributed by atoms with Crippen molar-refractivity contribution in [3.05, 3.63) is 28.7 Å². The highest BCUT2D eigenvalue weighted by Crippen LogP contribution is 2.22. The lowest BCUT2D eigenvalue weighted by Gasteiger charge is -2.30. The molecule has 1 aromatic carbocycles. The molecule has 1 aliphatic heterocycles. The zero-order chi connectivity index (χ0) is 11.5. The van der Waals surface area contributed by atoms with Crippen molar-refractivity contribution in [3.63, 3.8) is 0 Å². The summed E-state index contributed by atoms with van der Waals surface area (Å²) in [5.74, 6) is 0. The molecule has 1 N–H and O–H groups in total. The Bertz CT molecular complexity index is 379. The lowest BCUT2D eigenvalue weighted by Crippen LogP contribution is -2.43. The molecule has 16 heavy (non-hydrogen) atoms. The maximum atomic E-state index is 11.6. The lowest BCUT2D eigenvalue weighted by atomic mass is 10.2. The number of ether oxygens (including phenoxy) is 1. The fourth-order valence-electron chi connectivity index (χ4n) is 1.61. The van der Waals surface area contributed by atoms with E-state index in [2.05, 4.69) is 15.9 Å². The van der Waals surface area contributed by atoms with Crippen LogP contribution in [-0.4, -0.2) is 30.5 Å². The summed E-state index contributed by atoms with van der Waals surface area (Å²) in [7, 11) is 0. The van der Waals surface area contributed by atoms with E-state index < -0.39 is 6.09 Å². The van der Waals surface area contributed by atoms with Crippen LogP contribution in [0.2, 0.25) is 0 Å². The Morgan fingerprint density at radius 3 is 2.69 bits per heavy atom. The first-order valence-corrected chi connectivity index (χ1v) is 5.84. The number of halogens is 1. The summed E-state index contributed by atoms with van der Waals surface area (Å²) in [6.45, 7) is 0.464. The largest absolute Gasteiger partial charge is 0.443 e. The number of carbonyl (C=O) groups is 1. The van der Waals surface area contributed by atoms with Crippen molar-refractivity contribution >= 4 is 27.7 Å². The van der Waals surface area contributed by atoms with Crippen molar-refractivity contribution in [1.29, 1.82) is 0 Å². The summed E-state index contributed by atoms with van der Waals surface area (Å²) < 4.78 is 6.03. The van der Waals surface area contributed by atoms with Gasteiger partial charge < -0.3 is 9.84 Å². The van der Waals surface area contributed by atoms with Gasteiger partial charge in [-0.2, -0.15) is 0 Å². The van der Waals surface area contributed by atoms with Crippen molar-refractivity contribution in [2.75, 3.05) is 18.1 Å². The average Bonchev–Trinajstić information content (AvgIpc) is 2.30. The molecule has 5 heteroatoms. The number of hydrogen-bond donors (Lipinski definition) is 1. The zero-order valence-corrected chi connectivity index (χ0v) is 10.2. The van der Waals surface area contributed by atoms with Crippen molar-refractivity contribution in [1.82, 2.24) is 0 Å². The number of amides is 1. The van der Waals surface area contributed by atoms with Crippen molar-refractivity contribution in [3.8, 4) is 0 Å². The standard InChI is InChI=1S/C11H12BrNO3/c12-8-1-3-9(4-2-8)13-6-5-10(7-14)16-11(13)15/h1-4,10,14H,5-7H2.